The van der Waals surface area contributed by atoms with Crippen molar-refractivity contribution in [2.45, 2.75) is 32.9 Å². The minimum Gasteiger partial charge on any atom is -0.396 e. The lowest BCUT2D eigenvalue weighted by Crippen LogP contribution is -2.38. The normalized spacial score (nSPS) is 17.9. The lowest BCUT2D eigenvalue weighted by molar-refractivity contribution is 0.0920. The summed E-state index contributed by atoms with van der Waals surface area (Å²) in [5.41, 5.74) is 1.14. The number of aliphatic hydroxyl groups is 1. The molecule has 1 aliphatic rings. The molecule has 0 saturated carbocycles. The van der Waals surface area contributed by atoms with Gasteiger partial charge in [-0.05, 0) is 24.5 Å². The van der Waals surface area contributed by atoms with E-state index in [2.05, 4.69) is 5.32 Å². The van der Waals surface area contributed by atoms with Crippen molar-refractivity contribution in [1.29, 1.82) is 0 Å². The predicted octanol–water partition coefficient (Wildman–Crippen LogP) is 1.57. The average molecular weight is 269 g/mol. The molecule has 0 bridgehead atoms. The molecule has 100 valence electrons. The first kappa shape index (κ1) is 13.5. The van der Waals surface area contributed by atoms with Gasteiger partial charge in [-0.3, -0.25) is 4.79 Å². The van der Waals surface area contributed by atoms with Crippen molar-refractivity contribution in [3.8, 4) is 0 Å². The van der Waals surface area contributed by atoms with E-state index in [1.807, 2.05) is 19.9 Å². The summed E-state index contributed by atoms with van der Waals surface area (Å²) in [6.45, 7) is 5.26. The summed E-state index contributed by atoms with van der Waals surface area (Å²) in [4.78, 5) is 14.1. The number of thiophene rings is 1. The van der Waals surface area contributed by atoms with Gasteiger partial charge in [0.1, 0.15) is 0 Å². The molecular formula is C13H19NO3S. The molecule has 4 nitrogen and oxygen atoms in total. The number of rotatable bonds is 4. The fraction of sp³-hybridized carbons (Fsp3) is 0.615. The number of carbonyl (C=O) groups is 1. The van der Waals surface area contributed by atoms with Gasteiger partial charge in [0.2, 0.25) is 0 Å². The second kappa shape index (κ2) is 5.82. The first-order chi connectivity index (χ1) is 8.61. The number of fused-ring (bicyclic) bond motifs is 1. The van der Waals surface area contributed by atoms with Crippen LogP contribution >= 0.6 is 11.3 Å². The van der Waals surface area contributed by atoms with Crippen molar-refractivity contribution in [3.05, 3.63) is 21.4 Å². The van der Waals surface area contributed by atoms with Crippen LogP contribution in [0.5, 0.6) is 0 Å². The van der Waals surface area contributed by atoms with Crippen LogP contribution in [0.2, 0.25) is 0 Å². The van der Waals surface area contributed by atoms with Crippen molar-refractivity contribution in [3.63, 3.8) is 0 Å². The van der Waals surface area contributed by atoms with Crippen molar-refractivity contribution in [1.82, 2.24) is 5.32 Å². The third kappa shape index (κ3) is 2.91. The Bertz CT molecular complexity index is 406. The summed E-state index contributed by atoms with van der Waals surface area (Å²) in [7, 11) is 0. The van der Waals surface area contributed by atoms with E-state index in [1.165, 1.54) is 4.88 Å². The second-order valence-corrected chi connectivity index (χ2v) is 5.92. The average Bonchev–Trinajstić information content (AvgIpc) is 2.81. The van der Waals surface area contributed by atoms with E-state index in [1.54, 1.807) is 11.3 Å². The van der Waals surface area contributed by atoms with E-state index in [9.17, 15) is 4.79 Å². The van der Waals surface area contributed by atoms with Gasteiger partial charge in [-0.15, -0.1) is 11.3 Å². The van der Waals surface area contributed by atoms with Gasteiger partial charge in [0.05, 0.1) is 18.1 Å². The Hall–Kier alpha value is -0.910. The van der Waals surface area contributed by atoms with E-state index in [-0.39, 0.29) is 24.5 Å². The number of amides is 1. The molecule has 1 aliphatic heterocycles. The second-order valence-electron chi connectivity index (χ2n) is 4.78. The molecule has 2 unspecified atom stereocenters. The van der Waals surface area contributed by atoms with Gasteiger partial charge in [0, 0.05) is 23.9 Å². The molecule has 2 N–H and O–H groups in total. The van der Waals surface area contributed by atoms with Crippen LogP contribution in [0.1, 0.15) is 34.0 Å². The molecule has 2 heterocycles. The smallest absolute Gasteiger partial charge is 0.261 e. The Kier molecular flexibility index (Phi) is 4.37. The monoisotopic (exact) mass is 269 g/mol. The highest BCUT2D eigenvalue weighted by molar-refractivity contribution is 7.14. The molecule has 0 radical (unpaired) electrons. The van der Waals surface area contributed by atoms with Gasteiger partial charge >= 0.3 is 0 Å². The third-order valence-corrected chi connectivity index (χ3v) is 4.59. The Morgan fingerprint density at radius 1 is 1.61 bits per heavy atom. The fourth-order valence-electron chi connectivity index (χ4n) is 1.84. The van der Waals surface area contributed by atoms with Gasteiger partial charge in [0.25, 0.3) is 5.91 Å². The van der Waals surface area contributed by atoms with Crippen molar-refractivity contribution < 1.29 is 14.6 Å². The third-order valence-electron chi connectivity index (χ3n) is 3.35. The SMILES string of the molecule is CC(CO)C(C)NC(=O)c1cc2c(s1)CCOC2. The number of aliphatic hydroxyl groups excluding tert-OH is 1. The van der Waals surface area contributed by atoms with Gasteiger partial charge in [-0.1, -0.05) is 6.92 Å². The minimum atomic E-state index is -0.0535. The predicted molar refractivity (Wildman–Crippen MR) is 70.9 cm³/mol. The maximum Gasteiger partial charge on any atom is 0.261 e. The topological polar surface area (TPSA) is 58.6 Å². The van der Waals surface area contributed by atoms with Crippen molar-refractivity contribution >= 4 is 17.2 Å². The van der Waals surface area contributed by atoms with Crippen molar-refractivity contribution in [2.24, 2.45) is 5.92 Å². The molecule has 18 heavy (non-hydrogen) atoms. The summed E-state index contributed by atoms with van der Waals surface area (Å²) in [6.07, 6.45) is 0.899. The lowest BCUT2D eigenvalue weighted by atomic mass is 10.1. The van der Waals surface area contributed by atoms with Crippen LogP contribution in [0.3, 0.4) is 0 Å². The molecular weight excluding hydrogens is 250 g/mol. The zero-order valence-electron chi connectivity index (χ0n) is 10.7. The van der Waals surface area contributed by atoms with Gasteiger partial charge in [-0.25, -0.2) is 0 Å². The van der Waals surface area contributed by atoms with Crippen LogP contribution < -0.4 is 5.32 Å². The fourth-order valence-corrected chi connectivity index (χ4v) is 2.89. The van der Waals surface area contributed by atoms with Gasteiger partial charge in [-0.2, -0.15) is 0 Å². The molecule has 1 aromatic heterocycles. The summed E-state index contributed by atoms with van der Waals surface area (Å²) < 4.78 is 5.37. The number of ether oxygens (including phenoxy) is 1. The lowest BCUT2D eigenvalue weighted by Gasteiger charge is -2.18. The Morgan fingerprint density at radius 2 is 2.39 bits per heavy atom. The highest BCUT2D eigenvalue weighted by Gasteiger charge is 2.20. The van der Waals surface area contributed by atoms with E-state index >= 15 is 0 Å². The van der Waals surface area contributed by atoms with Crippen LogP contribution in [0.25, 0.3) is 0 Å². The quantitative estimate of drug-likeness (QED) is 0.872. The highest BCUT2D eigenvalue weighted by atomic mass is 32.1. The molecule has 2 atom stereocenters. The first-order valence-corrected chi connectivity index (χ1v) is 7.04. The van der Waals surface area contributed by atoms with Gasteiger partial charge in [0.15, 0.2) is 0 Å². The zero-order chi connectivity index (χ0) is 13.1. The molecule has 1 aromatic rings. The van der Waals surface area contributed by atoms with E-state index in [4.69, 9.17) is 9.84 Å². The number of carbonyl (C=O) groups excluding carboxylic acids is 1. The zero-order valence-corrected chi connectivity index (χ0v) is 11.5. The number of hydrogen-bond acceptors (Lipinski definition) is 4. The summed E-state index contributed by atoms with van der Waals surface area (Å²) in [6, 6.07) is 1.89. The van der Waals surface area contributed by atoms with Crippen LogP contribution in [-0.2, 0) is 17.8 Å². The summed E-state index contributed by atoms with van der Waals surface area (Å²) in [5.74, 6) is 0.00840. The van der Waals surface area contributed by atoms with Crippen molar-refractivity contribution in [2.75, 3.05) is 13.2 Å². The Labute approximate surface area is 111 Å². The number of hydrogen-bond donors (Lipinski definition) is 2. The molecule has 0 saturated heterocycles. The molecule has 0 spiro atoms. The summed E-state index contributed by atoms with van der Waals surface area (Å²) in [5, 5.41) is 12.0. The number of nitrogens with one attached hydrogen (secondary N) is 1. The van der Waals surface area contributed by atoms with Gasteiger partial charge < -0.3 is 15.2 Å². The van der Waals surface area contributed by atoms with Crippen LogP contribution in [-0.4, -0.2) is 30.3 Å². The Morgan fingerprint density at radius 3 is 3.06 bits per heavy atom. The van der Waals surface area contributed by atoms with Crippen LogP contribution in [0.15, 0.2) is 6.07 Å². The largest absolute Gasteiger partial charge is 0.396 e. The van der Waals surface area contributed by atoms with E-state index in [0.29, 0.717) is 6.61 Å². The molecule has 2 rings (SSSR count). The highest BCUT2D eigenvalue weighted by Crippen LogP contribution is 2.27. The van der Waals surface area contributed by atoms with E-state index < -0.39 is 0 Å². The van der Waals surface area contributed by atoms with E-state index in [0.717, 1.165) is 23.5 Å². The first-order valence-electron chi connectivity index (χ1n) is 6.23. The summed E-state index contributed by atoms with van der Waals surface area (Å²) >= 11 is 1.55. The standard InChI is InChI=1S/C13H19NO3S/c1-8(6-15)9(2)14-13(16)12-5-10-7-17-4-3-11(10)18-12/h5,8-9,15H,3-4,6-7H2,1-2H3,(H,14,16). The van der Waals surface area contributed by atoms with Crippen LogP contribution in [0.4, 0.5) is 0 Å². The molecule has 1 amide bonds. The maximum absolute atomic E-state index is 12.1. The molecule has 5 heteroatoms. The maximum atomic E-state index is 12.1. The molecule has 0 aliphatic carbocycles. The minimum absolute atomic E-state index is 0.0297. The van der Waals surface area contributed by atoms with Crippen LogP contribution in [0, 0.1) is 5.92 Å². The molecule has 0 fully saturated rings. The Balaban J connectivity index is 2.03. The molecule has 0 aromatic carbocycles.